The molecular formula is C9H12ClNOS. The first-order chi connectivity index (χ1) is 6.24. The molecule has 0 bridgehead atoms. The highest BCUT2D eigenvalue weighted by Gasteiger charge is 2.08. The minimum absolute atomic E-state index is 0.165. The minimum atomic E-state index is 0.165. The van der Waals surface area contributed by atoms with Crippen LogP contribution in [0.1, 0.15) is 42.3 Å². The van der Waals surface area contributed by atoms with Gasteiger partial charge in [-0.05, 0) is 6.42 Å². The topological polar surface area (TPSA) is 30.0 Å². The molecular weight excluding hydrogens is 206 g/mol. The molecule has 0 aliphatic rings. The smallest absolute Gasteiger partial charge is 0.184 e. The molecule has 0 N–H and O–H groups in total. The summed E-state index contributed by atoms with van der Waals surface area (Å²) in [6.45, 7) is 2.12. The van der Waals surface area contributed by atoms with E-state index in [0.29, 0.717) is 15.8 Å². The molecule has 1 aromatic rings. The van der Waals surface area contributed by atoms with Gasteiger partial charge in [-0.15, -0.1) is 0 Å². The number of ketones is 1. The molecule has 0 saturated heterocycles. The highest BCUT2D eigenvalue weighted by Crippen LogP contribution is 2.19. The van der Waals surface area contributed by atoms with E-state index >= 15 is 0 Å². The molecule has 0 unspecified atom stereocenters. The summed E-state index contributed by atoms with van der Waals surface area (Å²) < 4.78 is 0.443. The van der Waals surface area contributed by atoms with Gasteiger partial charge in [0.2, 0.25) is 0 Å². The van der Waals surface area contributed by atoms with Crippen molar-refractivity contribution in [3.05, 3.63) is 15.5 Å². The summed E-state index contributed by atoms with van der Waals surface area (Å²) in [5, 5.41) is 0. The molecule has 0 fully saturated rings. The van der Waals surface area contributed by atoms with E-state index in [1.165, 1.54) is 11.3 Å². The summed E-state index contributed by atoms with van der Waals surface area (Å²) in [6, 6.07) is 0. The number of hydrogen-bond acceptors (Lipinski definition) is 3. The first kappa shape index (κ1) is 10.7. The summed E-state index contributed by atoms with van der Waals surface area (Å²) >= 11 is 6.88. The number of rotatable bonds is 5. The molecule has 1 rings (SSSR count). The summed E-state index contributed by atoms with van der Waals surface area (Å²) in [6.07, 6.45) is 5.38. The molecule has 0 radical (unpaired) electrons. The van der Waals surface area contributed by atoms with Gasteiger partial charge in [0.1, 0.15) is 0 Å². The number of hydrogen-bond donors (Lipinski definition) is 0. The molecule has 0 aliphatic carbocycles. The van der Waals surface area contributed by atoms with Crippen molar-refractivity contribution in [3.63, 3.8) is 0 Å². The maximum absolute atomic E-state index is 11.4. The van der Waals surface area contributed by atoms with Gasteiger partial charge in [-0.1, -0.05) is 42.7 Å². The second-order valence-electron chi connectivity index (χ2n) is 2.86. The lowest BCUT2D eigenvalue weighted by Gasteiger charge is -1.95. The number of halogens is 1. The van der Waals surface area contributed by atoms with Crippen LogP contribution < -0.4 is 0 Å². The van der Waals surface area contributed by atoms with Crippen LogP contribution in [0, 0.1) is 0 Å². The lowest BCUT2D eigenvalue weighted by molar-refractivity contribution is 0.0983. The number of nitrogens with zero attached hydrogens (tertiary/aromatic N) is 1. The monoisotopic (exact) mass is 217 g/mol. The summed E-state index contributed by atoms with van der Waals surface area (Å²) in [4.78, 5) is 16.0. The summed E-state index contributed by atoms with van der Waals surface area (Å²) in [7, 11) is 0. The molecule has 0 saturated carbocycles. The number of aromatic nitrogens is 1. The Kier molecular flexibility index (Phi) is 4.39. The van der Waals surface area contributed by atoms with E-state index < -0.39 is 0 Å². The largest absolute Gasteiger partial charge is 0.293 e. The third-order valence-corrected chi connectivity index (χ3v) is 2.92. The summed E-state index contributed by atoms with van der Waals surface area (Å²) in [5.74, 6) is 0.165. The van der Waals surface area contributed by atoms with Crippen LogP contribution in [-0.4, -0.2) is 10.8 Å². The number of carbonyl (C=O) groups is 1. The van der Waals surface area contributed by atoms with E-state index in [-0.39, 0.29) is 5.78 Å². The second kappa shape index (κ2) is 5.35. The molecule has 0 atom stereocenters. The van der Waals surface area contributed by atoms with Crippen LogP contribution in [0.4, 0.5) is 0 Å². The van der Waals surface area contributed by atoms with Crippen molar-refractivity contribution >= 4 is 28.7 Å². The lowest BCUT2D eigenvalue weighted by atomic mass is 10.1. The van der Waals surface area contributed by atoms with Crippen LogP contribution in [0.2, 0.25) is 4.47 Å². The Morgan fingerprint density at radius 2 is 2.38 bits per heavy atom. The molecule has 0 spiro atoms. The van der Waals surface area contributed by atoms with Crippen LogP contribution in [-0.2, 0) is 0 Å². The Balaban J connectivity index is 2.40. The van der Waals surface area contributed by atoms with Gasteiger partial charge in [0.15, 0.2) is 10.3 Å². The van der Waals surface area contributed by atoms with Crippen LogP contribution in [0.3, 0.4) is 0 Å². The zero-order chi connectivity index (χ0) is 9.68. The maximum Gasteiger partial charge on any atom is 0.184 e. The van der Waals surface area contributed by atoms with E-state index in [1.807, 2.05) is 0 Å². The minimum Gasteiger partial charge on any atom is -0.293 e. The third kappa shape index (κ3) is 3.44. The number of unbranched alkanes of at least 4 members (excludes halogenated alkanes) is 2. The summed E-state index contributed by atoms with van der Waals surface area (Å²) in [5.41, 5.74) is 0. The van der Waals surface area contributed by atoms with Crippen LogP contribution in [0.15, 0.2) is 6.20 Å². The van der Waals surface area contributed by atoms with Crippen molar-refractivity contribution in [2.24, 2.45) is 0 Å². The van der Waals surface area contributed by atoms with E-state index in [1.54, 1.807) is 6.20 Å². The third-order valence-electron chi connectivity index (χ3n) is 1.76. The molecule has 0 amide bonds. The van der Waals surface area contributed by atoms with Gasteiger partial charge >= 0.3 is 0 Å². The lowest BCUT2D eigenvalue weighted by Crippen LogP contribution is -1.95. The molecule has 1 aromatic heterocycles. The first-order valence-electron chi connectivity index (χ1n) is 4.38. The molecule has 0 aliphatic heterocycles. The molecule has 72 valence electrons. The number of thiazole rings is 1. The quantitative estimate of drug-likeness (QED) is 0.558. The van der Waals surface area contributed by atoms with Gasteiger partial charge in [-0.25, -0.2) is 4.98 Å². The maximum atomic E-state index is 11.4. The van der Waals surface area contributed by atoms with Crippen molar-refractivity contribution in [2.75, 3.05) is 0 Å². The predicted molar refractivity (Wildman–Crippen MR) is 55.6 cm³/mol. The predicted octanol–water partition coefficient (Wildman–Crippen LogP) is 3.56. The van der Waals surface area contributed by atoms with Crippen molar-refractivity contribution < 1.29 is 4.79 Å². The van der Waals surface area contributed by atoms with Gasteiger partial charge in [-0.2, -0.15) is 0 Å². The molecule has 0 aromatic carbocycles. The van der Waals surface area contributed by atoms with Gasteiger partial charge in [0.05, 0.1) is 11.1 Å². The standard InChI is InChI=1S/C9H12ClNOS/c1-2-3-4-5-7(12)8-6-11-9(10)13-8/h6H,2-5H2,1H3. The Hall–Kier alpha value is -0.410. The Morgan fingerprint density at radius 1 is 1.62 bits per heavy atom. The molecule has 2 nitrogen and oxygen atoms in total. The van der Waals surface area contributed by atoms with E-state index in [0.717, 1.165) is 19.3 Å². The zero-order valence-corrected chi connectivity index (χ0v) is 9.12. The number of Topliss-reactive ketones (excluding diaryl/α,β-unsaturated/α-hetero) is 1. The van der Waals surface area contributed by atoms with Gasteiger partial charge < -0.3 is 0 Å². The fourth-order valence-corrected chi connectivity index (χ4v) is 1.95. The Bertz CT molecular complexity index is 285. The molecule has 4 heteroatoms. The van der Waals surface area contributed by atoms with Crippen molar-refractivity contribution in [1.82, 2.24) is 4.98 Å². The van der Waals surface area contributed by atoms with Crippen molar-refractivity contribution in [2.45, 2.75) is 32.6 Å². The fraction of sp³-hybridized carbons (Fsp3) is 0.556. The van der Waals surface area contributed by atoms with E-state index in [2.05, 4.69) is 11.9 Å². The van der Waals surface area contributed by atoms with Gasteiger partial charge in [-0.3, -0.25) is 4.79 Å². The van der Waals surface area contributed by atoms with Crippen LogP contribution in [0.25, 0.3) is 0 Å². The first-order valence-corrected chi connectivity index (χ1v) is 5.58. The van der Waals surface area contributed by atoms with Crippen molar-refractivity contribution in [3.8, 4) is 0 Å². The Morgan fingerprint density at radius 3 is 2.92 bits per heavy atom. The molecule has 1 heterocycles. The second-order valence-corrected chi connectivity index (χ2v) is 4.47. The fourth-order valence-electron chi connectivity index (χ4n) is 1.04. The van der Waals surface area contributed by atoms with E-state index in [9.17, 15) is 4.79 Å². The van der Waals surface area contributed by atoms with Crippen LogP contribution in [0.5, 0.6) is 0 Å². The van der Waals surface area contributed by atoms with Gasteiger partial charge in [0, 0.05) is 6.42 Å². The van der Waals surface area contributed by atoms with Crippen LogP contribution >= 0.6 is 22.9 Å². The number of carbonyl (C=O) groups excluding carboxylic acids is 1. The average molecular weight is 218 g/mol. The zero-order valence-electron chi connectivity index (χ0n) is 7.55. The average Bonchev–Trinajstić information content (AvgIpc) is 2.52. The molecule has 13 heavy (non-hydrogen) atoms. The van der Waals surface area contributed by atoms with Gasteiger partial charge in [0.25, 0.3) is 0 Å². The highest BCUT2D eigenvalue weighted by molar-refractivity contribution is 7.17. The normalized spacial score (nSPS) is 10.3. The highest BCUT2D eigenvalue weighted by atomic mass is 35.5. The van der Waals surface area contributed by atoms with E-state index in [4.69, 9.17) is 11.6 Å². The Labute approximate surface area is 86.9 Å². The SMILES string of the molecule is CCCCCC(=O)c1cnc(Cl)s1. The van der Waals surface area contributed by atoms with Crippen molar-refractivity contribution in [1.29, 1.82) is 0 Å².